The van der Waals surface area contributed by atoms with Crippen LogP contribution in [0.1, 0.15) is 26.2 Å². The highest BCUT2D eigenvalue weighted by molar-refractivity contribution is 7.91. The third kappa shape index (κ3) is 3.34. The van der Waals surface area contributed by atoms with Gasteiger partial charge >= 0.3 is 0 Å². The average molecular weight is 324 g/mol. The molecule has 6 nitrogen and oxygen atoms in total. The van der Waals surface area contributed by atoms with Crippen LogP contribution >= 0.6 is 0 Å². The second-order valence-electron chi connectivity index (χ2n) is 6.57. The Hall–Kier alpha value is -1.37. The van der Waals surface area contributed by atoms with Crippen LogP contribution in [0.3, 0.4) is 0 Å². The van der Waals surface area contributed by atoms with E-state index in [9.17, 15) is 8.42 Å². The Bertz CT molecular complexity index is 626. The molecule has 0 amide bonds. The lowest BCUT2D eigenvalue weighted by atomic mass is 9.99. The molecule has 0 aromatic carbocycles. The van der Waals surface area contributed by atoms with Gasteiger partial charge in [-0.05, 0) is 25.2 Å². The first kappa shape index (κ1) is 15.5. The molecule has 1 aromatic heterocycles. The van der Waals surface area contributed by atoms with Gasteiger partial charge in [0.05, 0.1) is 11.5 Å². The molecule has 2 aliphatic heterocycles. The Balaban J connectivity index is 1.73. The van der Waals surface area contributed by atoms with Crippen molar-refractivity contribution in [2.45, 2.75) is 32.2 Å². The number of rotatable bonds is 3. The molecule has 2 aliphatic rings. The molecule has 0 aliphatic carbocycles. The van der Waals surface area contributed by atoms with Crippen molar-refractivity contribution in [3.63, 3.8) is 0 Å². The molecular formula is C15H24N4O2S. The summed E-state index contributed by atoms with van der Waals surface area (Å²) in [7, 11) is -0.954. The van der Waals surface area contributed by atoms with Crippen LogP contribution in [0.25, 0.3) is 0 Å². The fourth-order valence-electron chi connectivity index (χ4n) is 3.21. The Kier molecular flexibility index (Phi) is 4.25. The molecular weight excluding hydrogens is 300 g/mol. The molecule has 0 bridgehead atoms. The third-order valence-electron chi connectivity index (χ3n) is 4.86. The van der Waals surface area contributed by atoms with Gasteiger partial charge in [0, 0.05) is 32.2 Å². The van der Waals surface area contributed by atoms with Crippen LogP contribution in [0.15, 0.2) is 12.4 Å². The van der Waals surface area contributed by atoms with Crippen LogP contribution in [0.2, 0.25) is 0 Å². The minimum absolute atomic E-state index is 0.0223. The summed E-state index contributed by atoms with van der Waals surface area (Å²) >= 11 is 0. The van der Waals surface area contributed by atoms with E-state index >= 15 is 0 Å². The van der Waals surface area contributed by atoms with Crippen LogP contribution in [-0.2, 0) is 9.84 Å². The third-order valence-corrected chi connectivity index (χ3v) is 6.61. The molecule has 7 heteroatoms. The van der Waals surface area contributed by atoms with Crippen molar-refractivity contribution in [1.82, 2.24) is 9.97 Å². The lowest BCUT2D eigenvalue weighted by molar-refractivity contribution is 0.436. The maximum Gasteiger partial charge on any atom is 0.152 e. The van der Waals surface area contributed by atoms with Crippen molar-refractivity contribution in [2.24, 2.45) is 5.92 Å². The summed E-state index contributed by atoms with van der Waals surface area (Å²) in [6.45, 7) is 4.34. The molecule has 0 spiro atoms. The normalized spacial score (nSPS) is 25.4. The van der Waals surface area contributed by atoms with Gasteiger partial charge in [-0.2, -0.15) is 0 Å². The van der Waals surface area contributed by atoms with Gasteiger partial charge in [-0.3, -0.25) is 0 Å². The van der Waals surface area contributed by atoms with Crippen LogP contribution < -0.4 is 9.80 Å². The van der Waals surface area contributed by atoms with E-state index in [1.54, 1.807) is 6.33 Å². The van der Waals surface area contributed by atoms with Gasteiger partial charge in [-0.25, -0.2) is 18.4 Å². The van der Waals surface area contributed by atoms with E-state index in [-0.39, 0.29) is 17.5 Å². The predicted octanol–water partition coefficient (Wildman–Crippen LogP) is 1.34. The number of aromatic nitrogens is 2. The van der Waals surface area contributed by atoms with E-state index in [1.807, 2.05) is 18.0 Å². The maximum absolute atomic E-state index is 11.7. The zero-order valence-corrected chi connectivity index (χ0v) is 14.1. The largest absolute Gasteiger partial charge is 0.356 e. The molecule has 2 saturated heterocycles. The van der Waals surface area contributed by atoms with E-state index in [2.05, 4.69) is 21.8 Å². The van der Waals surface area contributed by atoms with E-state index in [0.717, 1.165) is 30.6 Å². The molecule has 0 radical (unpaired) electrons. The minimum Gasteiger partial charge on any atom is -0.356 e. The number of piperidine rings is 1. The molecule has 3 rings (SSSR count). The highest BCUT2D eigenvalue weighted by atomic mass is 32.2. The second-order valence-corrected chi connectivity index (χ2v) is 8.80. The van der Waals surface area contributed by atoms with Crippen LogP contribution in [-0.4, -0.2) is 56.1 Å². The first-order valence-electron chi connectivity index (χ1n) is 7.95. The highest BCUT2D eigenvalue weighted by Gasteiger charge is 2.31. The van der Waals surface area contributed by atoms with Crippen molar-refractivity contribution in [2.75, 3.05) is 41.4 Å². The quantitative estimate of drug-likeness (QED) is 0.836. The van der Waals surface area contributed by atoms with E-state index in [4.69, 9.17) is 0 Å². The summed E-state index contributed by atoms with van der Waals surface area (Å²) in [5.41, 5.74) is 0. The number of sulfone groups is 1. The lowest BCUT2D eigenvalue weighted by Gasteiger charge is -2.32. The van der Waals surface area contributed by atoms with E-state index in [1.165, 1.54) is 12.8 Å². The van der Waals surface area contributed by atoms with Crippen molar-refractivity contribution < 1.29 is 8.42 Å². The molecule has 3 heterocycles. The SMILES string of the molecule is CC1CCN(c2cc(N(C)C3CCS(=O)(=O)C3)ncn2)CC1. The lowest BCUT2D eigenvalue weighted by Crippen LogP contribution is -2.35. The van der Waals surface area contributed by atoms with Crippen molar-refractivity contribution in [3.05, 3.63) is 12.4 Å². The summed E-state index contributed by atoms with van der Waals surface area (Å²) < 4.78 is 23.3. The molecule has 0 saturated carbocycles. The smallest absolute Gasteiger partial charge is 0.152 e. The average Bonchev–Trinajstić information content (AvgIpc) is 2.87. The fourth-order valence-corrected chi connectivity index (χ4v) is 4.98. The Labute approximate surface area is 132 Å². The molecule has 1 atom stereocenters. The van der Waals surface area contributed by atoms with Gasteiger partial charge in [0.15, 0.2) is 9.84 Å². The Morgan fingerprint density at radius 3 is 2.59 bits per heavy atom. The Morgan fingerprint density at radius 1 is 1.23 bits per heavy atom. The van der Waals surface area contributed by atoms with Crippen LogP contribution in [0.4, 0.5) is 11.6 Å². The van der Waals surface area contributed by atoms with Crippen LogP contribution in [0.5, 0.6) is 0 Å². The molecule has 0 N–H and O–H groups in total. The molecule has 1 unspecified atom stereocenters. The van der Waals surface area contributed by atoms with Gasteiger partial charge in [0.2, 0.25) is 0 Å². The standard InChI is InChI=1S/C15H24N4O2S/c1-12-3-6-19(7-4-12)15-9-14(16-11-17-15)18(2)13-5-8-22(20,21)10-13/h9,11-13H,3-8,10H2,1-2H3. The van der Waals surface area contributed by atoms with Gasteiger partial charge < -0.3 is 9.80 Å². The number of anilines is 2. The zero-order valence-electron chi connectivity index (χ0n) is 13.3. The van der Waals surface area contributed by atoms with Gasteiger partial charge in [-0.15, -0.1) is 0 Å². The van der Waals surface area contributed by atoms with E-state index < -0.39 is 9.84 Å². The summed E-state index contributed by atoms with van der Waals surface area (Å²) in [4.78, 5) is 13.0. The monoisotopic (exact) mass is 324 g/mol. The van der Waals surface area contributed by atoms with Gasteiger partial charge in [-0.1, -0.05) is 6.92 Å². The van der Waals surface area contributed by atoms with Crippen molar-refractivity contribution >= 4 is 21.5 Å². The molecule has 22 heavy (non-hydrogen) atoms. The molecule has 1 aromatic rings. The zero-order chi connectivity index (χ0) is 15.7. The number of hydrogen-bond acceptors (Lipinski definition) is 6. The topological polar surface area (TPSA) is 66.4 Å². The number of hydrogen-bond donors (Lipinski definition) is 0. The number of nitrogens with zero attached hydrogens (tertiary/aromatic N) is 4. The van der Waals surface area contributed by atoms with Crippen molar-refractivity contribution in [1.29, 1.82) is 0 Å². The van der Waals surface area contributed by atoms with Gasteiger partial charge in [0.1, 0.15) is 18.0 Å². The summed E-state index contributed by atoms with van der Waals surface area (Å²) in [5.74, 6) is 3.05. The Morgan fingerprint density at radius 2 is 1.95 bits per heavy atom. The summed E-state index contributed by atoms with van der Waals surface area (Å²) in [6.07, 6.45) is 4.65. The fraction of sp³-hybridized carbons (Fsp3) is 0.733. The van der Waals surface area contributed by atoms with Crippen LogP contribution in [0, 0.1) is 5.92 Å². The van der Waals surface area contributed by atoms with Crippen molar-refractivity contribution in [3.8, 4) is 0 Å². The minimum atomic E-state index is -2.88. The first-order valence-corrected chi connectivity index (χ1v) is 9.77. The first-order chi connectivity index (χ1) is 10.4. The van der Waals surface area contributed by atoms with E-state index in [0.29, 0.717) is 6.42 Å². The summed E-state index contributed by atoms with van der Waals surface area (Å²) in [5, 5.41) is 0. The maximum atomic E-state index is 11.7. The molecule has 2 fully saturated rings. The second kappa shape index (κ2) is 6.02. The highest BCUT2D eigenvalue weighted by Crippen LogP contribution is 2.26. The van der Waals surface area contributed by atoms with Gasteiger partial charge in [0.25, 0.3) is 0 Å². The molecule has 122 valence electrons. The predicted molar refractivity (Wildman–Crippen MR) is 88.1 cm³/mol. The summed E-state index contributed by atoms with van der Waals surface area (Å²) in [6, 6.07) is 2.01.